The molecule has 0 aromatic carbocycles. The van der Waals surface area contributed by atoms with Gasteiger partial charge in [0.15, 0.2) is 0 Å². The molecule has 6 nitrogen and oxygen atoms in total. The molecular weight excluding hydrogens is 150 g/mol. The van der Waals surface area contributed by atoms with Crippen molar-refractivity contribution in [2.24, 2.45) is 0 Å². The zero-order valence-corrected chi connectivity index (χ0v) is 5.59. The molecule has 0 saturated heterocycles. The Kier molecular flexibility index (Phi) is 18.4. The van der Waals surface area contributed by atoms with E-state index in [1.165, 1.54) is 0 Å². The van der Waals surface area contributed by atoms with Gasteiger partial charge in [0.25, 0.3) is 17.3 Å². The van der Waals surface area contributed by atoms with Crippen molar-refractivity contribution in [1.29, 1.82) is 0 Å². The van der Waals surface area contributed by atoms with E-state index in [0.29, 0.717) is 0 Å². The maximum absolute atomic E-state index is 9.00. The highest BCUT2D eigenvalue weighted by Gasteiger charge is 1.65. The van der Waals surface area contributed by atoms with Crippen molar-refractivity contribution in [3.8, 4) is 0 Å². The number of hydrogen-bond donors (Lipinski definition) is 4. The molecule has 0 saturated carbocycles. The monoisotopic (exact) mass is 159 g/mol. The van der Waals surface area contributed by atoms with E-state index in [0.717, 1.165) is 6.92 Å². The van der Waals surface area contributed by atoms with Gasteiger partial charge in [-0.3, -0.25) is 13.9 Å². The highest BCUT2D eigenvalue weighted by molar-refractivity contribution is 7.73. The van der Waals surface area contributed by atoms with Crippen LogP contribution in [0.2, 0.25) is 0 Å². The number of carboxylic acids is 1. The third-order valence-corrected chi connectivity index (χ3v) is 0. The molecule has 0 fully saturated rings. The number of hydrogen-bond acceptors (Lipinski definition) is 3. The van der Waals surface area contributed by atoms with Gasteiger partial charge >= 0.3 is 0 Å². The summed E-state index contributed by atoms with van der Waals surface area (Å²) in [5, 5.41) is 7.42. The topological polar surface area (TPSA) is 130 Å². The molecule has 0 radical (unpaired) electrons. The summed E-state index contributed by atoms with van der Waals surface area (Å²) in [7, 11) is 0. The zero-order valence-electron chi connectivity index (χ0n) is 4.77. The van der Waals surface area contributed by atoms with Crippen molar-refractivity contribution >= 4 is 17.3 Å². The SMILES string of the molecule is CC(=O)O.N.O=S(O)O. The third kappa shape index (κ3) is 908. The summed E-state index contributed by atoms with van der Waals surface area (Å²) in [6.07, 6.45) is 0. The summed E-state index contributed by atoms with van der Waals surface area (Å²) < 4.78 is 22.8. The molecule has 0 spiro atoms. The van der Waals surface area contributed by atoms with Crippen LogP contribution < -0.4 is 6.15 Å². The molecule has 0 aromatic heterocycles. The van der Waals surface area contributed by atoms with Crippen LogP contribution in [0.25, 0.3) is 0 Å². The Bertz CT molecular complexity index is 73.0. The Morgan fingerprint density at radius 2 is 1.44 bits per heavy atom. The molecular formula is C2H9NO5S. The number of carboxylic acid groups (broad SMARTS) is 1. The van der Waals surface area contributed by atoms with Crippen LogP contribution in [-0.2, 0) is 16.2 Å². The van der Waals surface area contributed by atoms with Gasteiger partial charge in [-0.1, -0.05) is 0 Å². The molecule has 0 unspecified atom stereocenters. The van der Waals surface area contributed by atoms with E-state index < -0.39 is 17.3 Å². The minimum Gasteiger partial charge on any atom is -0.481 e. The Hall–Kier alpha value is -0.500. The third-order valence-electron chi connectivity index (χ3n) is 0. The Morgan fingerprint density at radius 1 is 1.44 bits per heavy atom. The minimum atomic E-state index is -2.61. The number of carbonyl (C=O) groups is 1. The quantitative estimate of drug-likeness (QED) is 0.366. The fourth-order valence-electron chi connectivity index (χ4n) is 0. The highest BCUT2D eigenvalue weighted by atomic mass is 32.2. The summed E-state index contributed by atoms with van der Waals surface area (Å²) in [5.41, 5.74) is 0. The standard InChI is InChI=1S/C2H4O2.H3N.H2O3S/c1-2(3)4;;1-4(2)3/h1H3,(H,3,4);1H3;(H2,1,2,3). The lowest BCUT2D eigenvalue weighted by molar-refractivity contribution is -0.134. The van der Waals surface area contributed by atoms with Gasteiger partial charge < -0.3 is 11.3 Å². The van der Waals surface area contributed by atoms with E-state index in [4.69, 9.17) is 23.2 Å². The van der Waals surface area contributed by atoms with Crippen molar-refractivity contribution in [1.82, 2.24) is 6.15 Å². The summed E-state index contributed by atoms with van der Waals surface area (Å²) >= 11 is -2.61. The average molecular weight is 159 g/mol. The highest BCUT2D eigenvalue weighted by Crippen LogP contribution is 1.44. The molecule has 7 heteroatoms. The van der Waals surface area contributed by atoms with Crippen LogP contribution in [0, 0.1) is 0 Å². The lowest BCUT2D eigenvalue weighted by Crippen LogP contribution is -1.78. The lowest BCUT2D eigenvalue weighted by atomic mass is 10.9. The molecule has 0 amide bonds. The summed E-state index contributed by atoms with van der Waals surface area (Å²) in [4.78, 5) is 9.00. The zero-order chi connectivity index (χ0) is 7.15. The Balaban J connectivity index is -0.0000000720. The van der Waals surface area contributed by atoms with Gasteiger partial charge in [-0.15, -0.1) is 0 Å². The van der Waals surface area contributed by atoms with Crippen LogP contribution in [0.3, 0.4) is 0 Å². The second-order valence-corrected chi connectivity index (χ2v) is 1.21. The predicted octanol–water partition coefficient (Wildman–Crippen LogP) is -0.0660. The largest absolute Gasteiger partial charge is 0.481 e. The molecule has 0 aliphatic carbocycles. The van der Waals surface area contributed by atoms with Crippen LogP contribution >= 0.6 is 0 Å². The van der Waals surface area contributed by atoms with Crippen molar-refractivity contribution < 1.29 is 23.2 Å². The molecule has 0 aromatic rings. The van der Waals surface area contributed by atoms with Crippen molar-refractivity contribution in [3.63, 3.8) is 0 Å². The molecule has 9 heavy (non-hydrogen) atoms. The molecule has 0 aliphatic heterocycles. The molecule has 0 rings (SSSR count). The van der Waals surface area contributed by atoms with Gasteiger partial charge in [-0.05, 0) is 0 Å². The normalized spacial score (nSPS) is 6.67. The Labute approximate surface area is 54.6 Å². The van der Waals surface area contributed by atoms with Crippen LogP contribution in [0.5, 0.6) is 0 Å². The first kappa shape index (κ1) is 15.8. The van der Waals surface area contributed by atoms with Gasteiger partial charge in [-0.25, -0.2) is 0 Å². The van der Waals surface area contributed by atoms with Crippen molar-refractivity contribution in [2.45, 2.75) is 6.92 Å². The van der Waals surface area contributed by atoms with E-state index in [1.54, 1.807) is 0 Å². The molecule has 0 heterocycles. The smallest absolute Gasteiger partial charge is 0.300 e. The van der Waals surface area contributed by atoms with Gasteiger partial charge in [0.2, 0.25) is 0 Å². The van der Waals surface area contributed by atoms with E-state index >= 15 is 0 Å². The van der Waals surface area contributed by atoms with Gasteiger partial charge in [-0.2, -0.15) is 4.21 Å². The van der Waals surface area contributed by atoms with Crippen molar-refractivity contribution in [2.75, 3.05) is 0 Å². The minimum absolute atomic E-state index is 0. The predicted molar refractivity (Wildman–Crippen MR) is 31.7 cm³/mol. The van der Waals surface area contributed by atoms with E-state index in [-0.39, 0.29) is 6.15 Å². The van der Waals surface area contributed by atoms with Crippen molar-refractivity contribution in [3.05, 3.63) is 0 Å². The van der Waals surface area contributed by atoms with Crippen LogP contribution in [0.1, 0.15) is 6.92 Å². The lowest BCUT2D eigenvalue weighted by Gasteiger charge is -1.59. The second-order valence-electron chi connectivity index (χ2n) is 0.750. The molecule has 0 atom stereocenters. The fourth-order valence-corrected chi connectivity index (χ4v) is 0. The maximum Gasteiger partial charge on any atom is 0.300 e. The summed E-state index contributed by atoms with van der Waals surface area (Å²) in [5.74, 6) is -0.833. The van der Waals surface area contributed by atoms with Crippen LogP contribution in [0.15, 0.2) is 0 Å². The second kappa shape index (κ2) is 10.5. The van der Waals surface area contributed by atoms with E-state index in [1.807, 2.05) is 0 Å². The summed E-state index contributed by atoms with van der Waals surface area (Å²) in [6.45, 7) is 1.08. The Morgan fingerprint density at radius 3 is 1.44 bits per heavy atom. The van der Waals surface area contributed by atoms with E-state index in [9.17, 15) is 0 Å². The molecule has 0 aliphatic rings. The summed E-state index contributed by atoms with van der Waals surface area (Å²) in [6, 6.07) is 0. The molecule has 58 valence electrons. The fraction of sp³-hybridized carbons (Fsp3) is 0.500. The molecule has 6 N–H and O–H groups in total. The first-order valence-corrected chi connectivity index (χ1v) is 2.52. The first-order valence-electron chi connectivity index (χ1n) is 1.46. The van der Waals surface area contributed by atoms with Gasteiger partial charge in [0, 0.05) is 6.92 Å². The first-order chi connectivity index (χ1) is 3.46. The number of aliphatic carboxylic acids is 1. The van der Waals surface area contributed by atoms with Gasteiger partial charge in [0.1, 0.15) is 0 Å². The van der Waals surface area contributed by atoms with Crippen LogP contribution in [-0.4, -0.2) is 24.4 Å². The van der Waals surface area contributed by atoms with E-state index in [2.05, 4.69) is 0 Å². The molecule has 0 bridgehead atoms. The maximum atomic E-state index is 9.00. The van der Waals surface area contributed by atoms with Gasteiger partial charge in [0.05, 0.1) is 0 Å². The average Bonchev–Trinajstić information content (AvgIpc) is 1.25. The number of rotatable bonds is 0. The van der Waals surface area contributed by atoms with Crippen LogP contribution in [0.4, 0.5) is 0 Å².